The maximum absolute atomic E-state index is 15.3. The van der Waals surface area contributed by atoms with Gasteiger partial charge in [0.15, 0.2) is 0 Å². The van der Waals surface area contributed by atoms with E-state index in [-0.39, 0.29) is 27.5 Å². The molecule has 5 nitrogen and oxygen atoms in total. The quantitative estimate of drug-likeness (QED) is 0.425. The number of aromatic nitrogens is 2. The van der Waals surface area contributed by atoms with Crippen LogP contribution in [0.25, 0.3) is 22.0 Å². The zero-order chi connectivity index (χ0) is 25.0. The standard InChI is InChI=1S/C24H27F4N3O2S/c1-13-16(7-14(25)10-29-13)17-9-21-18(8-20(17)26)19(11-31(21)12-24(2,3)4)22(23(27)28)30-34(32,33)15-5-6-15/h7-11,15,22-23,30H,5-6,12H2,1-4H3/t22-/m0/s1. The predicted octanol–water partition coefficient (Wildman–Crippen LogP) is 5.72. The maximum atomic E-state index is 15.3. The number of nitrogens with zero attached hydrogens (tertiary/aromatic N) is 2. The Balaban J connectivity index is 1.92. The Hall–Kier alpha value is -2.46. The molecule has 1 aromatic carbocycles. The van der Waals surface area contributed by atoms with Crippen LogP contribution in [0.3, 0.4) is 0 Å². The lowest BCUT2D eigenvalue weighted by molar-refractivity contribution is 0.109. The average Bonchev–Trinajstić information content (AvgIpc) is 3.52. The van der Waals surface area contributed by atoms with Gasteiger partial charge < -0.3 is 4.57 Å². The van der Waals surface area contributed by atoms with Crippen molar-refractivity contribution < 1.29 is 26.0 Å². The van der Waals surface area contributed by atoms with Crippen molar-refractivity contribution in [1.82, 2.24) is 14.3 Å². The molecule has 2 aromatic heterocycles. The third-order valence-electron chi connectivity index (χ3n) is 5.83. The molecule has 4 rings (SSSR count). The van der Waals surface area contributed by atoms with Gasteiger partial charge in [0.2, 0.25) is 10.0 Å². The Morgan fingerprint density at radius 1 is 1.15 bits per heavy atom. The maximum Gasteiger partial charge on any atom is 0.258 e. The van der Waals surface area contributed by atoms with E-state index in [0.717, 1.165) is 12.3 Å². The molecule has 3 aromatic rings. The summed E-state index contributed by atoms with van der Waals surface area (Å²) in [5, 5.41) is -0.500. The molecule has 1 fully saturated rings. The molecule has 34 heavy (non-hydrogen) atoms. The molecule has 10 heteroatoms. The van der Waals surface area contributed by atoms with Crippen molar-refractivity contribution in [3.63, 3.8) is 0 Å². The molecule has 0 radical (unpaired) electrons. The van der Waals surface area contributed by atoms with E-state index in [9.17, 15) is 21.6 Å². The van der Waals surface area contributed by atoms with Gasteiger partial charge in [-0.2, -0.15) is 0 Å². The van der Waals surface area contributed by atoms with Crippen LogP contribution in [0.2, 0.25) is 0 Å². The van der Waals surface area contributed by atoms with Crippen LogP contribution in [0.1, 0.15) is 50.9 Å². The molecule has 1 aliphatic carbocycles. The fraction of sp³-hybridized carbons (Fsp3) is 0.458. The predicted molar refractivity (Wildman–Crippen MR) is 123 cm³/mol. The van der Waals surface area contributed by atoms with Crippen LogP contribution in [0, 0.1) is 24.0 Å². The van der Waals surface area contributed by atoms with Gasteiger partial charge in [0.1, 0.15) is 17.7 Å². The lowest BCUT2D eigenvalue weighted by atomic mass is 9.96. The monoisotopic (exact) mass is 497 g/mol. The second kappa shape index (κ2) is 8.64. The normalized spacial score (nSPS) is 15.9. The average molecular weight is 498 g/mol. The summed E-state index contributed by atoms with van der Waals surface area (Å²) in [5.74, 6) is -1.37. The van der Waals surface area contributed by atoms with Crippen LogP contribution in [0.15, 0.2) is 30.6 Å². The highest BCUT2D eigenvalue weighted by Crippen LogP contribution is 2.38. The van der Waals surface area contributed by atoms with Gasteiger partial charge in [-0.3, -0.25) is 4.98 Å². The lowest BCUT2D eigenvalue weighted by Crippen LogP contribution is -2.35. The highest BCUT2D eigenvalue weighted by atomic mass is 32.2. The number of sulfonamides is 1. The minimum absolute atomic E-state index is 0.00184. The molecule has 0 spiro atoms. The third kappa shape index (κ3) is 4.98. The molecule has 1 atom stereocenters. The highest BCUT2D eigenvalue weighted by Gasteiger charge is 2.40. The minimum Gasteiger partial charge on any atom is -0.347 e. The fourth-order valence-electron chi connectivity index (χ4n) is 4.12. The molecule has 0 saturated heterocycles. The van der Waals surface area contributed by atoms with Crippen LogP contribution in [-0.4, -0.2) is 29.6 Å². The summed E-state index contributed by atoms with van der Waals surface area (Å²) in [4.78, 5) is 3.95. The van der Waals surface area contributed by atoms with Crippen molar-refractivity contribution in [3.05, 3.63) is 53.5 Å². The minimum atomic E-state index is -3.93. The topological polar surface area (TPSA) is 64.0 Å². The highest BCUT2D eigenvalue weighted by molar-refractivity contribution is 7.90. The summed E-state index contributed by atoms with van der Waals surface area (Å²) in [7, 11) is -3.93. The van der Waals surface area contributed by atoms with E-state index in [0.29, 0.717) is 30.6 Å². The second-order valence-electron chi connectivity index (χ2n) is 10.1. The molecule has 1 N–H and O–H groups in total. The number of benzene rings is 1. The zero-order valence-electron chi connectivity index (χ0n) is 19.4. The van der Waals surface area contributed by atoms with Gasteiger partial charge in [0.25, 0.3) is 6.43 Å². The van der Waals surface area contributed by atoms with Crippen molar-refractivity contribution in [1.29, 1.82) is 0 Å². The SMILES string of the molecule is Cc1ncc(F)cc1-c1cc2c(cc1F)c([C@H](NS(=O)(=O)C1CC1)C(F)F)cn2CC(C)(C)C. The zero-order valence-corrected chi connectivity index (χ0v) is 20.2. The lowest BCUT2D eigenvalue weighted by Gasteiger charge is -2.20. The number of pyridine rings is 1. The van der Waals surface area contributed by atoms with Crippen molar-refractivity contribution in [2.75, 3.05) is 0 Å². The molecule has 0 unspecified atom stereocenters. The van der Waals surface area contributed by atoms with Crippen molar-refractivity contribution in [2.24, 2.45) is 5.41 Å². The van der Waals surface area contributed by atoms with E-state index in [1.165, 1.54) is 18.3 Å². The van der Waals surface area contributed by atoms with Gasteiger partial charge in [-0.05, 0) is 43.4 Å². The molecular formula is C24H27F4N3O2S. The van der Waals surface area contributed by atoms with Crippen LogP contribution >= 0.6 is 0 Å². The molecule has 0 aliphatic heterocycles. The van der Waals surface area contributed by atoms with Crippen LogP contribution < -0.4 is 4.72 Å². The smallest absolute Gasteiger partial charge is 0.258 e. The first-order valence-corrected chi connectivity index (χ1v) is 12.6. The Morgan fingerprint density at radius 3 is 2.41 bits per heavy atom. The first-order chi connectivity index (χ1) is 15.8. The number of nitrogens with one attached hydrogen (secondary N) is 1. The molecule has 0 amide bonds. The fourth-order valence-corrected chi connectivity index (χ4v) is 5.65. The van der Waals surface area contributed by atoms with Crippen LogP contribution in [0.4, 0.5) is 17.6 Å². The Kier molecular flexibility index (Phi) is 6.27. The van der Waals surface area contributed by atoms with E-state index in [2.05, 4.69) is 9.71 Å². The van der Waals surface area contributed by atoms with Gasteiger partial charge in [0.05, 0.1) is 11.4 Å². The summed E-state index contributed by atoms with van der Waals surface area (Å²) in [6, 6.07) is 1.96. The van der Waals surface area contributed by atoms with E-state index >= 15 is 4.39 Å². The van der Waals surface area contributed by atoms with Crippen molar-refractivity contribution in [2.45, 2.75) is 64.8 Å². The molecule has 0 bridgehead atoms. The number of aryl methyl sites for hydroxylation is 1. The van der Waals surface area contributed by atoms with E-state index in [4.69, 9.17) is 0 Å². The summed E-state index contributed by atoms with van der Waals surface area (Å²) in [6.07, 6.45) is 0.308. The van der Waals surface area contributed by atoms with Crippen LogP contribution in [-0.2, 0) is 16.6 Å². The number of fused-ring (bicyclic) bond motifs is 1. The number of hydrogen-bond acceptors (Lipinski definition) is 3. The first-order valence-electron chi connectivity index (χ1n) is 11.0. The summed E-state index contributed by atoms with van der Waals surface area (Å²) in [6.45, 7) is 7.91. The van der Waals surface area contributed by atoms with Crippen molar-refractivity contribution in [3.8, 4) is 11.1 Å². The number of rotatable bonds is 7. The third-order valence-corrected chi connectivity index (χ3v) is 7.76. The molecule has 1 aliphatic rings. The number of halogens is 4. The van der Waals surface area contributed by atoms with Gasteiger partial charge in [-0.1, -0.05) is 20.8 Å². The van der Waals surface area contributed by atoms with Crippen LogP contribution in [0.5, 0.6) is 0 Å². The Bertz CT molecular complexity index is 1340. The van der Waals surface area contributed by atoms with Crippen molar-refractivity contribution >= 4 is 20.9 Å². The Morgan fingerprint density at radius 2 is 1.82 bits per heavy atom. The van der Waals surface area contributed by atoms with Gasteiger partial charge in [-0.15, -0.1) is 0 Å². The molecule has 2 heterocycles. The summed E-state index contributed by atoms with van der Waals surface area (Å²) in [5.41, 5.74) is 0.936. The number of alkyl halides is 2. The van der Waals surface area contributed by atoms with Gasteiger partial charge in [-0.25, -0.2) is 30.7 Å². The summed E-state index contributed by atoms with van der Waals surface area (Å²) < 4.78 is 86.2. The van der Waals surface area contributed by atoms with E-state index < -0.39 is 39.4 Å². The number of hydrogen-bond donors (Lipinski definition) is 1. The van der Waals surface area contributed by atoms with Gasteiger partial charge >= 0.3 is 0 Å². The largest absolute Gasteiger partial charge is 0.347 e. The molecule has 1 saturated carbocycles. The summed E-state index contributed by atoms with van der Waals surface area (Å²) >= 11 is 0. The van der Waals surface area contributed by atoms with Gasteiger partial charge in [0, 0.05) is 46.0 Å². The van der Waals surface area contributed by atoms with E-state index in [1.54, 1.807) is 11.5 Å². The first kappa shape index (κ1) is 24.7. The Labute approximate surface area is 196 Å². The molecule has 184 valence electrons. The molecular weight excluding hydrogens is 470 g/mol. The van der Waals surface area contributed by atoms with E-state index in [1.807, 2.05) is 20.8 Å². The second-order valence-corrected chi connectivity index (χ2v) is 12.1.